The number of aryl methyl sites for hydroxylation is 1. The smallest absolute Gasteiger partial charge is 0.331 e. The van der Waals surface area contributed by atoms with E-state index in [4.69, 9.17) is 33.2 Å². The highest BCUT2D eigenvalue weighted by atomic mass is 32.2. The fourth-order valence-electron chi connectivity index (χ4n) is 10.0. The highest BCUT2D eigenvalue weighted by Crippen LogP contribution is 2.63. The molecule has 0 radical (unpaired) electrons. The number of thioether (sulfide) groups is 1. The number of ether oxygens (including phenoxy) is 7. The van der Waals surface area contributed by atoms with E-state index in [1.807, 2.05) is 19.9 Å². The van der Waals surface area contributed by atoms with Gasteiger partial charge in [-0.15, -0.1) is 11.8 Å². The van der Waals surface area contributed by atoms with Crippen LogP contribution < -0.4 is 39.1 Å². The molecule has 2 saturated heterocycles. The van der Waals surface area contributed by atoms with Crippen molar-refractivity contribution in [2.75, 3.05) is 39.9 Å². The summed E-state index contributed by atoms with van der Waals surface area (Å²) in [7, 11) is 2.99. The SMILES string of the molecule is COc1cc2c(cc1OC(C)=O)CCN[C@]21CS[C@@H]2c3c(OC(C)=O)c(C)c4c(c3[C@H](COC1=O)N1C2[C@@H]2N[C@@H](Cc3cc(C)c(OC)c(O)c32)[C@@H]1C#N)OCO4. The zero-order valence-corrected chi connectivity index (χ0v) is 33.1. The zero-order valence-electron chi connectivity index (χ0n) is 32.3. The minimum absolute atomic E-state index is 0.0144. The van der Waals surface area contributed by atoms with Gasteiger partial charge in [-0.3, -0.25) is 19.8 Å². The van der Waals surface area contributed by atoms with E-state index in [1.54, 1.807) is 12.1 Å². The Balaban J connectivity index is 1.30. The lowest BCUT2D eigenvalue weighted by Crippen LogP contribution is -2.69. The predicted molar refractivity (Wildman–Crippen MR) is 203 cm³/mol. The van der Waals surface area contributed by atoms with E-state index in [0.717, 1.165) is 16.7 Å². The lowest BCUT2D eigenvalue weighted by molar-refractivity contribution is -0.155. The minimum Gasteiger partial charge on any atom is -0.504 e. The molecule has 16 heteroatoms. The number of esters is 3. The van der Waals surface area contributed by atoms with Crippen molar-refractivity contribution in [2.45, 2.75) is 81.5 Å². The first kappa shape index (κ1) is 37.4. The average Bonchev–Trinajstić information content (AvgIpc) is 3.67. The molecular formula is C41H42N4O11S. The maximum atomic E-state index is 14.8. The Kier molecular flexibility index (Phi) is 9.00. The summed E-state index contributed by atoms with van der Waals surface area (Å²) in [6.45, 7) is 6.49. The van der Waals surface area contributed by atoms with Crippen molar-refractivity contribution in [1.82, 2.24) is 15.5 Å². The molecule has 0 amide bonds. The third kappa shape index (κ3) is 5.46. The highest BCUT2D eigenvalue weighted by Gasteiger charge is 2.60. The molecule has 15 nitrogen and oxygen atoms in total. The van der Waals surface area contributed by atoms with Crippen LogP contribution in [0.4, 0.5) is 0 Å². The summed E-state index contributed by atoms with van der Waals surface area (Å²) in [6, 6.07) is 5.09. The lowest BCUT2D eigenvalue weighted by Gasteiger charge is -2.59. The number of methoxy groups -OCH3 is 2. The molecule has 10 rings (SSSR count). The number of phenols is 1. The van der Waals surface area contributed by atoms with Gasteiger partial charge in [0.1, 0.15) is 18.4 Å². The van der Waals surface area contributed by atoms with E-state index in [1.165, 1.54) is 39.8 Å². The summed E-state index contributed by atoms with van der Waals surface area (Å²) in [5.74, 6) is 0.618. The number of benzene rings is 3. The number of phenolic OH excluding ortho intramolecular Hbond substituents is 1. The van der Waals surface area contributed by atoms with Gasteiger partial charge < -0.3 is 43.6 Å². The van der Waals surface area contributed by atoms with E-state index in [-0.39, 0.29) is 42.4 Å². The van der Waals surface area contributed by atoms with Crippen molar-refractivity contribution < 1.29 is 52.6 Å². The van der Waals surface area contributed by atoms with Crippen molar-refractivity contribution in [3.05, 3.63) is 62.7 Å². The van der Waals surface area contributed by atoms with Crippen LogP contribution in [0.2, 0.25) is 0 Å². The first-order valence-electron chi connectivity index (χ1n) is 18.8. The third-order valence-electron chi connectivity index (χ3n) is 12.2. The van der Waals surface area contributed by atoms with Gasteiger partial charge in [-0.2, -0.15) is 5.26 Å². The van der Waals surface area contributed by atoms with Crippen LogP contribution in [-0.2, 0) is 37.5 Å². The molecule has 0 aliphatic carbocycles. The Morgan fingerprint density at radius 1 is 0.982 bits per heavy atom. The molecule has 1 unspecified atom stereocenters. The molecule has 1 spiro atoms. The lowest BCUT2D eigenvalue weighted by atomic mass is 9.72. The Labute approximate surface area is 332 Å². The highest BCUT2D eigenvalue weighted by molar-refractivity contribution is 7.99. The molecule has 7 aliphatic heterocycles. The van der Waals surface area contributed by atoms with Crippen molar-refractivity contribution >= 4 is 29.7 Å². The molecule has 0 aromatic heterocycles. The van der Waals surface area contributed by atoms with Crippen LogP contribution in [-0.4, -0.2) is 86.0 Å². The fraction of sp³-hybridized carbons (Fsp3) is 0.463. The van der Waals surface area contributed by atoms with E-state index in [0.29, 0.717) is 70.2 Å². The van der Waals surface area contributed by atoms with Gasteiger partial charge in [-0.1, -0.05) is 6.07 Å². The summed E-state index contributed by atoms with van der Waals surface area (Å²) in [4.78, 5) is 41.9. The monoisotopic (exact) mass is 798 g/mol. The molecule has 7 atom stereocenters. The molecule has 2 fully saturated rings. The summed E-state index contributed by atoms with van der Waals surface area (Å²) < 4.78 is 41.7. The predicted octanol–water partition coefficient (Wildman–Crippen LogP) is 3.86. The van der Waals surface area contributed by atoms with Crippen LogP contribution in [0.3, 0.4) is 0 Å². The van der Waals surface area contributed by atoms with Crippen LogP contribution in [0.25, 0.3) is 0 Å². The van der Waals surface area contributed by atoms with Crippen LogP contribution in [0.15, 0.2) is 18.2 Å². The molecule has 298 valence electrons. The number of hydrogen-bond acceptors (Lipinski definition) is 16. The normalized spacial score (nSPS) is 27.8. The van der Waals surface area contributed by atoms with Crippen molar-refractivity contribution in [2.24, 2.45) is 0 Å². The zero-order chi connectivity index (χ0) is 40.1. The van der Waals surface area contributed by atoms with Crippen LogP contribution in [0.5, 0.6) is 40.2 Å². The quantitative estimate of drug-likeness (QED) is 0.255. The summed E-state index contributed by atoms with van der Waals surface area (Å²) in [5.41, 5.74) is 4.20. The van der Waals surface area contributed by atoms with Gasteiger partial charge >= 0.3 is 17.9 Å². The van der Waals surface area contributed by atoms with E-state index >= 15 is 0 Å². The Morgan fingerprint density at radius 2 is 1.75 bits per heavy atom. The number of fused-ring (bicyclic) bond motifs is 9. The maximum Gasteiger partial charge on any atom is 0.331 e. The van der Waals surface area contributed by atoms with Crippen molar-refractivity contribution in [1.29, 1.82) is 5.26 Å². The van der Waals surface area contributed by atoms with E-state index in [9.17, 15) is 24.8 Å². The molecule has 0 saturated carbocycles. The molecule has 4 bridgehead atoms. The maximum absolute atomic E-state index is 14.8. The van der Waals surface area contributed by atoms with Gasteiger partial charge in [0, 0.05) is 60.5 Å². The van der Waals surface area contributed by atoms with Crippen LogP contribution >= 0.6 is 11.8 Å². The number of carbonyl (C=O) groups excluding carboxylic acids is 3. The van der Waals surface area contributed by atoms with Crippen LogP contribution in [0.1, 0.15) is 75.7 Å². The number of carbonyl (C=O) groups is 3. The summed E-state index contributed by atoms with van der Waals surface area (Å²) in [5, 5.41) is 29.7. The molecule has 7 heterocycles. The first-order valence-corrected chi connectivity index (χ1v) is 19.9. The molecule has 3 N–H and O–H groups in total. The number of piperazine rings is 1. The van der Waals surface area contributed by atoms with Gasteiger partial charge in [-0.25, -0.2) is 4.79 Å². The minimum atomic E-state index is -1.40. The number of nitrogens with zero attached hydrogens (tertiary/aromatic N) is 2. The third-order valence-corrected chi connectivity index (χ3v) is 13.6. The van der Waals surface area contributed by atoms with E-state index in [2.05, 4.69) is 21.6 Å². The first-order chi connectivity index (χ1) is 27.4. The molecule has 3 aromatic carbocycles. The second-order valence-electron chi connectivity index (χ2n) is 15.2. The molecule has 57 heavy (non-hydrogen) atoms. The van der Waals surface area contributed by atoms with Crippen molar-refractivity contribution in [3.63, 3.8) is 0 Å². The second kappa shape index (κ2) is 13.7. The number of nitriles is 1. The second-order valence-corrected chi connectivity index (χ2v) is 16.4. The van der Waals surface area contributed by atoms with Gasteiger partial charge in [0.25, 0.3) is 0 Å². The molecule has 7 aliphatic rings. The summed E-state index contributed by atoms with van der Waals surface area (Å²) >= 11 is 1.45. The van der Waals surface area contributed by atoms with Crippen molar-refractivity contribution in [3.8, 4) is 46.3 Å². The van der Waals surface area contributed by atoms with Gasteiger partial charge in [0.05, 0.1) is 37.6 Å². The summed E-state index contributed by atoms with van der Waals surface area (Å²) in [6.07, 6.45) is 0.987. The number of nitrogens with one attached hydrogen (secondary N) is 2. The average molecular weight is 799 g/mol. The topological polar surface area (TPSA) is 187 Å². The Hall–Kier alpha value is -5.21. The number of aromatic hydroxyl groups is 1. The fourth-order valence-corrected chi connectivity index (χ4v) is 11.7. The molecule has 3 aromatic rings. The number of rotatable bonds is 4. The van der Waals surface area contributed by atoms with Gasteiger partial charge in [0.15, 0.2) is 40.0 Å². The Bertz CT molecular complexity index is 2310. The standard InChI is InChI=1S/C41H42N4O11S/c1-17-9-22-10-24-25(13-42)45-26-14-52-40(49)41(23-12-27(50-5)28(55-19(3)46)11-21(23)7-8-43-41)15-57-39(33(45)32(44-24)29(22)34(48)35(17)51-6)31-30(26)38-37(53-16-54-38)18(2)36(31)56-20(4)47/h9,11-12,24-26,32-33,39,43-44,48H,7-8,10,14-16H2,1-6H3/t24-,25-,26-,32+,33?,39+,41+/m0/s1. The van der Waals surface area contributed by atoms with Crippen LogP contribution in [0, 0.1) is 25.2 Å². The van der Waals surface area contributed by atoms with Gasteiger partial charge in [0.2, 0.25) is 6.79 Å². The Morgan fingerprint density at radius 3 is 2.47 bits per heavy atom. The largest absolute Gasteiger partial charge is 0.504 e. The molecular weight excluding hydrogens is 757 g/mol. The van der Waals surface area contributed by atoms with Gasteiger partial charge in [-0.05, 0) is 61.1 Å². The number of hydrogen-bond donors (Lipinski definition) is 3. The van der Waals surface area contributed by atoms with E-state index < -0.39 is 52.9 Å².